The monoisotopic (exact) mass is 242 g/mol. The summed E-state index contributed by atoms with van der Waals surface area (Å²) in [6.45, 7) is 5.05. The number of ether oxygens (including phenoxy) is 1. The highest BCUT2D eigenvalue weighted by Crippen LogP contribution is 2.12. The van der Waals surface area contributed by atoms with E-state index in [-0.39, 0.29) is 12.0 Å². The molecule has 2 atom stereocenters. The zero-order chi connectivity index (χ0) is 12.7. The smallest absolute Gasteiger partial charge is 0.222 e. The highest BCUT2D eigenvalue weighted by molar-refractivity contribution is 5.75. The second-order valence-corrected chi connectivity index (χ2v) is 5.07. The number of nitrogens with one attached hydrogen (secondary N) is 1. The van der Waals surface area contributed by atoms with Crippen molar-refractivity contribution in [3.8, 4) is 0 Å². The Morgan fingerprint density at radius 1 is 1.59 bits per heavy atom. The van der Waals surface area contributed by atoms with Crippen LogP contribution in [0.2, 0.25) is 0 Å². The molecule has 0 saturated carbocycles. The first-order valence-electron chi connectivity index (χ1n) is 6.61. The van der Waals surface area contributed by atoms with Crippen molar-refractivity contribution in [1.82, 2.24) is 10.2 Å². The molecule has 1 rings (SSSR count). The van der Waals surface area contributed by atoms with Crippen LogP contribution < -0.4 is 5.32 Å². The number of carbonyl (C=O) groups is 1. The van der Waals surface area contributed by atoms with E-state index in [1.807, 2.05) is 18.9 Å². The summed E-state index contributed by atoms with van der Waals surface area (Å²) in [5.41, 5.74) is 0. The average molecular weight is 242 g/mol. The molecule has 0 aromatic carbocycles. The highest BCUT2D eigenvalue weighted by atomic mass is 16.5. The van der Waals surface area contributed by atoms with Crippen molar-refractivity contribution < 1.29 is 9.53 Å². The number of hydrogen-bond acceptors (Lipinski definition) is 3. The predicted molar refractivity (Wildman–Crippen MR) is 68.9 cm³/mol. The average Bonchev–Trinajstić information content (AvgIpc) is 2.36. The summed E-state index contributed by atoms with van der Waals surface area (Å²) in [4.78, 5) is 13.8. The van der Waals surface area contributed by atoms with E-state index in [0.717, 1.165) is 26.1 Å². The topological polar surface area (TPSA) is 41.6 Å². The number of piperidine rings is 1. The third kappa shape index (κ3) is 5.50. The molecule has 100 valence electrons. The van der Waals surface area contributed by atoms with Crippen LogP contribution in [-0.4, -0.2) is 50.7 Å². The summed E-state index contributed by atoms with van der Waals surface area (Å²) >= 11 is 0. The fourth-order valence-electron chi connectivity index (χ4n) is 2.20. The van der Waals surface area contributed by atoms with Crippen LogP contribution in [0.25, 0.3) is 0 Å². The van der Waals surface area contributed by atoms with Crippen molar-refractivity contribution in [2.75, 3.05) is 33.8 Å². The largest absolute Gasteiger partial charge is 0.382 e. The Labute approximate surface area is 105 Å². The zero-order valence-electron chi connectivity index (χ0n) is 11.4. The van der Waals surface area contributed by atoms with Gasteiger partial charge in [0.15, 0.2) is 0 Å². The first kappa shape index (κ1) is 14.5. The number of hydrogen-bond donors (Lipinski definition) is 1. The molecule has 1 aliphatic rings. The van der Waals surface area contributed by atoms with Crippen molar-refractivity contribution in [1.29, 1.82) is 0 Å². The van der Waals surface area contributed by atoms with Crippen LogP contribution in [0.1, 0.15) is 32.6 Å². The van der Waals surface area contributed by atoms with Crippen LogP contribution in [0.4, 0.5) is 0 Å². The van der Waals surface area contributed by atoms with Gasteiger partial charge in [0, 0.05) is 27.1 Å². The minimum Gasteiger partial charge on any atom is -0.382 e. The Kier molecular flexibility index (Phi) is 6.52. The third-order valence-corrected chi connectivity index (χ3v) is 3.52. The fraction of sp³-hybridized carbons (Fsp3) is 0.923. The maximum Gasteiger partial charge on any atom is 0.222 e. The Morgan fingerprint density at radius 2 is 2.35 bits per heavy atom. The lowest BCUT2D eigenvalue weighted by Crippen LogP contribution is -2.39. The Balaban J connectivity index is 2.21. The molecule has 1 saturated heterocycles. The van der Waals surface area contributed by atoms with Gasteiger partial charge in [0.05, 0.1) is 6.10 Å². The SMILES string of the molecule is COC(C)CCC(=O)N(C)CC1CCCNC1. The van der Waals surface area contributed by atoms with E-state index in [4.69, 9.17) is 4.74 Å². The molecule has 0 aliphatic carbocycles. The van der Waals surface area contributed by atoms with Crippen LogP contribution >= 0.6 is 0 Å². The van der Waals surface area contributed by atoms with E-state index < -0.39 is 0 Å². The van der Waals surface area contributed by atoms with Gasteiger partial charge in [-0.15, -0.1) is 0 Å². The summed E-state index contributed by atoms with van der Waals surface area (Å²) in [6, 6.07) is 0. The molecule has 1 amide bonds. The van der Waals surface area contributed by atoms with Crippen molar-refractivity contribution in [3.63, 3.8) is 0 Å². The van der Waals surface area contributed by atoms with Crippen molar-refractivity contribution in [2.24, 2.45) is 5.92 Å². The molecule has 1 fully saturated rings. The summed E-state index contributed by atoms with van der Waals surface area (Å²) in [5, 5.41) is 3.38. The summed E-state index contributed by atoms with van der Waals surface area (Å²) in [7, 11) is 3.60. The predicted octanol–water partition coefficient (Wildman–Crippen LogP) is 1.26. The van der Waals surface area contributed by atoms with Gasteiger partial charge >= 0.3 is 0 Å². The molecule has 1 N–H and O–H groups in total. The maximum absolute atomic E-state index is 11.9. The number of methoxy groups -OCH3 is 1. The Morgan fingerprint density at radius 3 is 2.94 bits per heavy atom. The van der Waals surface area contributed by atoms with E-state index >= 15 is 0 Å². The van der Waals surface area contributed by atoms with Gasteiger partial charge in [0.2, 0.25) is 5.91 Å². The van der Waals surface area contributed by atoms with E-state index in [9.17, 15) is 4.79 Å². The van der Waals surface area contributed by atoms with Gasteiger partial charge in [0.1, 0.15) is 0 Å². The number of amides is 1. The van der Waals surface area contributed by atoms with Crippen molar-refractivity contribution in [2.45, 2.75) is 38.7 Å². The molecule has 0 spiro atoms. The lowest BCUT2D eigenvalue weighted by molar-refractivity contribution is -0.131. The number of rotatable bonds is 6. The molecule has 0 aromatic rings. The minimum atomic E-state index is 0.170. The summed E-state index contributed by atoms with van der Waals surface area (Å²) in [6.07, 6.45) is 4.03. The Bertz CT molecular complexity index is 227. The molecule has 2 unspecified atom stereocenters. The number of carbonyl (C=O) groups excluding carboxylic acids is 1. The lowest BCUT2D eigenvalue weighted by atomic mass is 9.99. The van der Waals surface area contributed by atoms with Crippen LogP contribution in [-0.2, 0) is 9.53 Å². The van der Waals surface area contributed by atoms with Crippen LogP contribution in [0, 0.1) is 5.92 Å². The molecule has 0 radical (unpaired) electrons. The molecular weight excluding hydrogens is 216 g/mol. The molecule has 0 bridgehead atoms. The van der Waals surface area contributed by atoms with Gasteiger partial charge in [-0.3, -0.25) is 4.79 Å². The fourth-order valence-corrected chi connectivity index (χ4v) is 2.20. The van der Waals surface area contributed by atoms with E-state index in [0.29, 0.717) is 12.3 Å². The van der Waals surface area contributed by atoms with E-state index in [1.165, 1.54) is 12.8 Å². The second-order valence-electron chi connectivity index (χ2n) is 5.07. The number of nitrogens with zero attached hydrogens (tertiary/aromatic N) is 1. The zero-order valence-corrected chi connectivity index (χ0v) is 11.4. The van der Waals surface area contributed by atoms with Gasteiger partial charge in [-0.1, -0.05) is 0 Å². The Hall–Kier alpha value is -0.610. The van der Waals surface area contributed by atoms with Crippen LogP contribution in [0.15, 0.2) is 0 Å². The van der Waals surface area contributed by atoms with Crippen LogP contribution in [0.3, 0.4) is 0 Å². The van der Waals surface area contributed by atoms with E-state index in [2.05, 4.69) is 5.32 Å². The molecule has 4 nitrogen and oxygen atoms in total. The third-order valence-electron chi connectivity index (χ3n) is 3.52. The van der Waals surface area contributed by atoms with Gasteiger partial charge in [-0.2, -0.15) is 0 Å². The second kappa shape index (κ2) is 7.67. The van der Waals surface area contributed by atoms with Gasteiger partial charge in [0.25, 0.3) is 0 Å². The summed E-state index contributed by atoms with van der Waals surface area (Å²) < 4.78 is 5.15. The molecule has 4 heteroatoms. The van der Waals surface area contributed by atoms with Gasteiger partial charge < -0.3 is 15.0 Å². The first-order valence-corrected chi connectivity index (χ1v) is 6.61. The molecule has 0 aromatic heterocycles. The highest BCUT2D eigenvalue weighted by Gasteiger charge is 2.18. The maximum atomic E-state index is 11.9. The molecular formula is C13H26N2O2. The van der Waals surface area contributed by atoms with Crippen molar-refractivity contribution >= 4 is 5.91 Å². The van der Waals surface area contributed by atoms with E-state index in [1.54, 1.807) is 7.11 Å². The van der Waals surface area contributed by atoms with Crippen molar-refractivity contribution in [3.05, 3.63) is 0 Å². The lowest BCUT2D eigenvalue weighted by Gasteiger charge is -2.27. The standard InChI is InChI=1S/C13H26N2O2/c1-11(17-3)6-7-13(16)15(2)10-12-5-4-8-14-9-12/h11-12,14H,4-10H2,1-3H3. The van der Waals surface area contributed by atoms with Crippen LogP contribution in [0.5, 0.6) is 0 Å². The normalized spacial score (nSPS) is 22.2. The molecule has 17 heavy (non-hydrogen) atoms. The first-order chi connectivity index (χ1) is 8.13. The summed E-state index contributed by atoms with van der Waals surface area (Å²) in [5.74, 6) is 0.858. The molecule has 1 aliphatic heterocycles. The van der Waals surface area contributed by atoms with Gasteiger partial charge in [-0.25, -0.2) is 0 Å². The van der Waals surface area contributed by atoms with Gasteiger partial charge in [-0.05, 0) is 45.2 Å². The quantitative estimate of drug-likeness (QED) is 0.762. The minimum absolute atomic E-state index is 0.170. The molecule has 1 heterocycles.